The van der Waals surface area contributed by atoms with E-state index in [1.165, 1.54) is 6.92 Å². The van der Waals surface area contributed by atoms with E-state index in [-0.39, 0.29) is 10.6 Å². The lowest BCUT2D eigenvalue weighted by Gasteiger charge is -2.13. The number of carbonyl (C=O) groups excluding carboxylic acids is 2. The van der Waals surface area contributed by atoms with Gasteiger partial charge in [0.2, 0.25) is 10.0 Å². The van der Waals surface area contributed by atoms with Crippen molar-refractivity contribution >= 4 is 27.5 Å². The smallest absolute Gasteiger partial charge is 0.324 e. The van der Waals surface area contributed by atoms with Gasteiger partial charge in [0.05, 0.1) is 9.82 Å². The van der Waals surface area contributed by atoms with Crippen molar-refractivity contribution in [2.45, 2.75) is 17.9 Å². The van der Waals surface area contributed by atoms with E-state index in [4.69, 9.17) is 4.74 Å². The molecule has 0 aliphatic heterocycles. The van der Waals surface area contributed by atoms with Gasteiger partial charge in [0.1, 0.15) is 6.04 Å². The number of ketones is 1. The Balaban J connectivity index is 1.96. The number of nitrogens with one attached hydrogen (secondary N) is 1. The lowest BCUT2D eigenvalue weighted by Crippen LogP contribution is -2.40. The Bertz CT molecular complexity index is 941. The van der Waals surface area contributed by atoms with Gasteiger partial charge in [0, 0.05) is 17.7 Å². The quantitative estimate of drug-likeness (QED) is 0.313. The number of Topliss-reactive ketones (excluding diaryl/α,β-unsaturated/α-hetero) is 1. The van der Waals surface area contributed by atoms with Gasteiger partial charge in [-0.05, 0) is 19.1 Å². The van der Waals surface area contributed by atoms with Crippen LogP contribution >= 0.6 is 0 Å². The minimum absolute atomic E-state index is 0.242. The molecule has 0 saturated heterocycles. The molecule has 27 heavy (non-hydrogen) atoms. The highest BCUT2D eigenvalue weighted by atomic mass is 32.2. The van der Waals surface area contributed by atoms with Crippen LogP contribution in [0.25, 0.3) is 0 Å². The third kappa shape index (κ3) is 5.43. The number of ether oxygens (including phenoxy) is 1. The zero-order valence-corrected chi connectivity index (χ0v) is 15.0. The molecular formula is C17H16N2O7S. The molecule has 2 aromatic rings. The molecule has 0 spiro atoms. The number of nitro benzene ring substituents is 1. The molecule has 2 aromatic carbocycles. The zero-order valence-electron chi connectivity index (χ0n) is 14.2. The van der Waals surface area contributed by atoms with E-state index in [0.717, 1.165) is 24.3 Å². The SMILES string of the molecule is C[C@@H](NS(=O)(=O)c1ccc([N+](=O)[O-])cc1)C(=O)OCC(=O)c1ccccc1. The Hall–Kier alpha value is -3.11. The average molecular weight is 392 g/mol. The van der Waals surface area contributed by atoms with Crippen LogP contribution in [0.5, 0.6) is 0 Å². The van der Waals surface area contributed by atoms with E-state index < -0.39 is 39.3 Å². The number of nitrogens with zero attached hydrogens (tertiary/aromatic N) is 1. The maximum atomic E-state index is 12.2. The van der Waals surface area contributed by atoms with E-state index in [9.17, 15) is 28.1 Å². The lowest BCUT2D eigenvalue weighted by atomic mass is 10.1. The molecule has 10 heteroatoms. The minimum Gasteiger partial charge on any atom is -0.456 e. The summed E-state index contributed by atoms with van der Waals surface area (Å²) < 4.78 is 31.4. The lowest BCUT2D eigenvalue weighted by molar-refractivity contribution is -0.384. The summed E-state index contributed by atoms with van der Waals surface area (Å²) in [6, 6.07) is 11.1. The van der Waals surface area contributed by atoms with Gasteiger partial charge in [-0.25, -0.2) is 8.42 Å². The van der Waals surface area contributed by atoms with E-state index in [1.807, 2.05) is 0 Å². The first-order valence-electron chi connectivity index (χ1n) is 7.72. The van der Waals surface area contributed by atoms with Crippen LogP contribution in [0.15, 0.2) is 59.5 Å². The molecule has 1 atom stereocenters. The average Bonchev–Trinajstić information content (AvgIpc) is 2.66. The van der Waals surface area contributed by atoms with Crippen LogP contribution < -0.4 is 4.72 Å². The number of rotatable bonds is 8. The number of esters is 1. The van der Waals surface area contributed by atoms with E-state index in [1.54, 1.807) is 30.3 Å². The molecule has 0 saturated carbocycles. The molecule has 0 aliphatic rings. The number of sulfonamides is 1. The second-order valence-corrected chi connectivity index (χ2v) is 7.20. The van der Waals surface area contributed by atoms with Crippen molar-refractivity contribution in [3.05, 3.63) is 70.3 Å². The van der Waals surface area contributed by atoms with E-state index >= 15 is 0 Å². The van der Waals surface area contributed by atoms with Crippen LogP contribution in [0, 0.1) is 10.1 Å². The van der Waals surface area contributed by atoms with Crippen LogP contribution in [0.1, 0.15) is 17.3 Å². The van der Waals surface area contributed by atoms with Gasteiger partial charge < -0.3 is 4.74 Å². The Morgan fingerprint density at radius 2 is 1.70 bits per heavy atom. The summed E-state index contributed by atoms with van der Waals surface area (Å²) in [4.78, 5) is 33.5. The fraction of sp³-hybridized carbons (Fsp3) is 0.176. The van der Waals surface area contributed by atoms with E-state index in [0.29, 0.717) is 5.56 Å². The highest BCUT2D eigenvalue weighted by molar-refractivity contribution is 7.89. The van der Waals surface area contributed by atoms with Crippen molar-refractivity contribution in [1.29, 1.82) is 0 Å². The van der Waals surface area contributed by atoms with Crippen molar-refractivity contribution in [3.63, 3.8) is 0 Å². The number of hydrogen-bond acceptors (Lipinski definition) is 7. The van der Waals surface area contributed by atoms with Crippen LogP contribution in [0.2, 0.25) is 0 Å². The molecule has 142 valence electrons. The van der Waals surface area contributed by atoms with Crippen LogP contribution in [-0.2, 0) is 19.6 Å². The first-order valence-corrected chi connectivity index (χ1v) is 9.20. The number of benzene rings is 2. The summed E-state index contributed by atoms with van der Waals surface area (Å²) in [6.07, 6.45) is 0. The van der Waals surface area contributed by atoms with Gasteiger partial charge in [-0.1, -0.05) is 30.3 Å². The van der Waals surface area contributed by atoms with Crippen LogP contribution in [0.4, 0.5) is 5.69 Å². The number of carbonyl (C=O) groups is 2. The molecule has 0 fully saturated rings. The molecule has 0 radical (unpaired) electrons. The van der Waals surface area contributed by atoms with Crippen molar-refractivity contribution in [1.82, 2.24) is 4.72 Å². The maximum Gasteiger partial charge on any atom is 0.324 e. The molecular weight excluding hydrogens is 376 g/mol. The third-order valence-electron chi connectivity index (χ3n) is 3.48. The highest BCUT2D eigenvalue weighted by Crippen LogP contribution is 2.16. The highest BCUT2D eigenvalue weighted by Gasteiger charge is 2.24. The Morgan fingerprint density at radius 1 is 1.11 bits per heavy atom. The minimum atomic E-state index is -4.10. The topological polar surface area (TPSA) is 133 Å². The third-order valence-corrected chi connectivity index (χ3v) is 5.04. The predicted molar refractivity (Wildman–Crippen MR) is 94.6 cm³/mol. The Morgan fingerprint density at radius 3 is 2.26 bits per heavy atom. The summed E-state index contributed by atoms with van der Waals surface area (Å²) in [6.45, 7) is 0.741. The number of non-ortho nitro benzene ring substituents is 1. The first-order chi connectivity index (χ1) is 12.7. The monoisotopic (exact) mass is 392 g/mol. The molecule has 9 nitrogen and oxygen atoms in total. The second kappa shape index (κ2) is 8.52. The maximum absolute atomic E-state index is 12.2. The molecule has 0 unspecified atom stereocenters. The molecule has 0 amide bonds. The normalized spacial score (nSPS) is 12.2. The summed E-state index contributed by atoms with van der Waals surface area (Å²) >= 11 is 0. The van der Waals surface area contributed by atoms with Gasteiger partial charge in [-0.3, -0.25) is 19.7 Å². The fourth-order valence-corrected chi connectivity index (χ4v) is 3.26. The molecule has 0 bridgehead atoms. The summed E-state index contributed by atoms with van der Waals surface area (Å²) in [7, 11) is -4.10. The number of hydrogen-bond donors (Lipinski definition) is 1. The Labute approximate surface area is 155 Å². The fourth-order valence-electron chi connectivity index (χ4n) is 2.06. The van der Waals surface area contributed by atoms with Crippen molar-refractivity contribution < 1.29 is 27.7 Å². The summed E-state index contributed by atoms with van der Waals surface area (Å²) in [5.41, 5.74) is 0.102. The molecule has 0 aliphatic carbocycles. The largest absolute Gasteiger partial charge is 0.456 e. The van der Waals surface area contributed by atoms with E-state index in [2.05, 4.69) is 4.72 Å². The standard InChI is InChI=1S/C17H16N2O7S/c1-12(17(21)26-11-16(20)13-5-3-2-4-6-13)18-27(24,25)15-9-7-14(8-10-15)19(22)23/h2-10,12,18H,11H2,1H3/t12-/m1/s1. The van der Waals surface area contributed by atoms with Crippen molar-refractivity contribution in [2.75, 3.05) is 6.61 Å². The Kier molecular flexibility index (Phi) is 6.37. The van der Waals surface area contributed by atoms with Crippen molar-refractivity contribution in [2.24, 2.45) is 0 Å². The van der Waals surface area contributed by atoms with Crippen molar-refractivity contribution in [3.8, 4) is 0 Å². The summed E-state index contributed by atoms with van der Waals surface area (Å²) in [5.74, 6) is -1.35. The zero-order chi connectivity index (χ0) is 20.0. The van der Waals surface area contributed by atoms with Crippen LogP contribution in [-0.4, -0.2) is 37.7 Å². The van der Waals surface area contributed by atoms with Gasteiger partial charge in [0.15, 0.2) is 12.4 Å². The number of nitro groups is 1. The second-order valence-electron chi connectivity index (χ2n) is 5.49. The van der Waals surface area contributed by atoms with Crippen LogP contribution in [0.3, 0.4) is 0 Å². The summed E-state index contributed by atoms with van der Waals surface area (Å²) in [5, 5.41) is 10.6. The van der Waals surface area contributed by atoms with Gasteiger partial charge in [-0.2, -0.15) is 4.72 Å². The molecule has 0 aromatic heterocycles. The first kappa shape index (κ1) is 20.2. The molecule has 1 N–H and O–H groups in total. The van der Waals surface area contributed by atoms with Gasteiger partial charge in [-0.15, -0.1) is 0 Å². The van der Waals surface area contributed by atoms with Gasteiger partial charge in [0.25, 0.3) is 5.69 Å². The predicted octanol–water partition coefficient (Wildman–Crippen LogP) is 1.69. The van der Waals surface area contributed by atoms with Gasteiger partial charge >= 0.3 is 5.97 Å². The molecule has 0 heterocycles. The molecule has 2 rings (SSSR count).